The number of nitrogens with zero attached hydrogens (tertiary/aromatic N) is 2. The molecule has 1 heterocycles. The highest BCUT2D eigenvalue weighted by atomic mass is 32.1. The third kappa shape index (κ3) is 5.74. The minimum atomic E-state index is 0.604. The number of guanidine groups is 1. The molecule has 2 aromatic rings. The fourth-order valence-electron chi connectivity index (χ4n) is 2.44. The Hall–Kier alpha value is -2.08. The van der Waals surface area contributed by atoms with E-state index < -0.39 is 0 Å². The molecule has 0 amide bonds. The van der Waals surface area contributed by atoms with Crippen LogP contribution in [0.25, 0.3) is 0 Å². The summed E-state index contributed by atoms with van der Waals surface area (Å²) in [5.41, 5.74) is 3.50. The number of thiazole rings is 1. The molecule has 2 rings (SSSR count). The van der Waals surface area contributed by atoms with E-state index >= 15 is 0 Å². The monoisotopic (exact) mass is 360 g/mol. The molecule has 0 unspecified atom stereocenters. The lowest BCUT2D eigenvalue weighted by Gasteiger charge is -2.12. The fraction of sp³-hybridized carbons (Fsp3) is 0.474. The predicted molar refractivity (Wildman–Crippen MR) is 106 cm³/mol. The molecule has 1 aromatic heterocycles. The van der Waals surface area contributed by atoms with Crippen LogP contribution in [0.5, 0.6) is 5.75 Å². The van der Waals surface area contributed by atoms with Crippen LogP contribution in [0, 0.1) is 20.8 Å². The molecule has 0 fully saturated rings. The van der Waals surface area contributed by atoms with E-state index in [4.69, 9.17) is 4.74 Å². The van der Waals surface area contributed by atoms with Gasteiger partial charge in [-0.15, -0.1) is 11.3 Å². The van der Waals surface area contributed by atoms with Gasteiger partial charge in [-0.2, -0.15) is 0 Å². The zero-order valence-electron chi connectivity index (χ0n) is 15.8. The van der Waals surface area contributed by atoms with Gasteiger partial charge in [0.25, 0.3) is 0 Å². The van der Waals surface area contributed by atoms with E-state index in [2.05, 4.69) is 59.6 Å². The van der Waals surface area contributed by atoms with E-state index in [0.29, 0.717) is 6.54 Å². The molecule has 5 nitrogen and oxygen atoms in total. The van der Waals surface area contributed by atoms with Crippen LogP contribution >= 0.6 is 11.3 Å². The quantitative estimate of drug-likeness (QED) is 0.587. The molecule has 0 aliphatic rings. The topological polar surface area (TPSA) is 58.5 Å². The van der Waals surface area contributed by atoms with Crippen molar-refractivity contribution in [2.45, 2.75) is 40.7 Å². The largest absolute Gasteiger partial charge is 0.496 e. The van der Waals surface area contributed by atoms with Crippen molar-refractivity contribution in [1.82, 2.24) is 15.6 Å². The van der Waals surface area contributed by atoms with E-state index in [1.807, 2.05) is 6.92 Å². The number of aromatic nitrogens is 1. The van der Waals surface area contributed by atoms with Crippen LogP contribution in [0.3, 0.4) is 0 Å². The number of nitrogens with one attached hydrogen (secondary N) is 2. The summed E-state index contributed by atoms with van der Waals surface area (Å²) in [6.07, 6.45) is 0.913. The molecule has 2 N–H and O–H groups in total. The normalized spacial score (nSPS) is 11.5. The molecule has 0 aliphatic carbocycles. The summed E-state index contributed by atoms with van der Waals surface area (Å²) in [6.45, 7) is 10.5. The Morgan fingerprint density at radius 2 is 2.04 bits per heavy atom. The zero-order chi connectivity index (χ0) is 18.2. The number of rotatable bonds is 7. The minimum absolute atomic E-state index is 0.604. The third-order valence-electron chi connectivity index (χ3n) is 3.97. The van der Waals surface area contributed by atoms with Crippen molar-refractivity contribution >= 4 is 17.3 Å². The van der Waals surface area contributed by atoms with Gasteiger partial charge >= 0.3 is 0 Å². The van der Waals surface area contributed by atoms with E-state index in [1.165, 1.54) is 10.4 Å². The van der Waals surface area contributed by atoms with Crippen LogP contribution in [-0.2, 0) is 13.0 Å². The Kier molecular flexibility index (Phi) is 7.25. The Bertz CT molecular complexity index is 705. The molecule has 1 aromatic carbocycles. The van der Waals surface area contributed by atoms with Gasteiger partial charge in [-0.05, 0) is 51.3 Å². The lowest BCUT2D eigenvalue weighted by molar-refractivity contribution is 0.411. The fourth-order valence-corrected chi connectivity index (χ4v) is 3.30. The van der Waals surface area contributed by atoms with Crippen molar-refractivity contribution in [3.05, 3.63) is 44.9 Å². The molecule has 25 heavy (non-hydrogen) atoms. The average Bonchev–Trinajstić information content (AvgIpc) is 2.92. The Balaban J connectivity index is 1.91. The lowest BCUT2D eigenvalue weighted by atomic mass is 10.1. The van der Waals surface area contributed by atoms with Gasteiger partial charge in [-0.1, -0.05) is 12.1 Å². The standard InChI is InChI=1S/C19H28N4OS/c1-6-20-19(22-12-18-23-14(3)15(4)25-18)21-10-9-16-8-7-13(2)17(11-16)24-5/h7-8,11H,6,9-10,12H2,1-5H3,(H2,20,21,22). The van der Waals surface area contributed by atoms with Crippen LogP contribution in [-0.4, -0.2) is 31.1 Å². The maximum absolute atomic E-state index is 5.39. The molecule has 136 valence electrons. The molecule has 0 radical (unpaired) electrons. The van der Waals surface area contributed by atoms with Crippen molar-refractivity contribution < 1.29 is 4.74 Å². The van der Waals surface area contributed by atoms with Crippen molar-refractivity contribution in [2.75, 3.05) is 20.2 Å². The second-order valence-electron chi connectivity index (χ2n) is 5.93. The first-order chi connectivity index (χ1) is 12.0. The number of ether oxygens (including phenoxy) is 1. The molecule has 0 aliphatic heterocycles. The second-order valence-corrected chi connectivity index (χ2v) is 7.21. The maximum atomic E-state index is 5.39. The summed E-state index contributed by atoms with van der Waals surface area (Å²) >= 11 is 1.71. The lowest BCUT2D eigenvalue weighted by Crippen LogP contribution is -2.38. The minimum Gasteiger partial charge on any atom is -0.496 e. The van der Waals surface area contributed by atoms with Gasteiger partial charge in [-0.25, -0.2) is 9.98 Å². The summed E-state index contributed by atoms with van der Waals surface area (Å²) < 4.78 is 5.39. The van der Waals surface area contributed by atoms with Crippen LogP contribution in [0.15, 0.2) is 23.2 Å². The number of methoxy groups -OCH3 is 1. The molecule has 0 bridgehead atoms. The van der Waals surface area contributed by atoms with Gasteiger partial charge in [0.2, 0.25) is 0 Å². The number of aryl methyl sites for hydroxylation is 3. The third-order valence-corrected chi connectivity index (χ3v) is 5.03. The summed E-state index contributed by atoms with van der Waals surface area (Å²) in [4.78, 5) is 10.4. The number of hydrogen-bond donors (Lipinski definition) is 2. The molecule has 0 saturated carbocycles. The number of hydrogen-bond acceptors (Lipinski definition) is 4. The highest BCUT2D eigenvalue weighted by molar-refractivity contribution is 7.11. The maximum Gasteiger partial charge on any atom is 0.191 e. The summed E-state index contributed by atoms with van der Waals surface area (Å²) in [7, 11) is 1.71. The van der Waals surface area contributed by atoms with E-state index in [1.54, 1.807) is 18.4 Å². The molecule has 0 spiro atoms. The highest BCUT2D eigenvalue weighted by Crippen LogP contribution is 2.19. The van der Waals surface area contributed by atoms with Gasteiger partial charge in [0, 0.05) is 18.0 Å². The SMILES string of the molecule is CCNC(=NCc1nc(C)c(C)s1)NCCc1ccc(C)c(OC)c1. The number of aliphatic imine (C=N–C) groups is 1. The van der Waals surface area contributed by atoms with Crippen molar-refractivity contribution in [3.8, 4) is 5.75 Å². The number of benzene rings is 1. The van der Waals surface area contributed by atoms with Gasteiger partial charge in [-0.3, -0.25) is 0 Å². The smallest absolute Gasteiger partial charge is 0.191 e. The van der Waals surface area contributed by atoms with Gasteiger partial charge < -0.3 is 15.4 Å². The van der Waals surface area contributed by atoms with Crippen LogP contribution in [0.2, 0.25) is 0 Å². The Morgan fingerprint density at radius 3 is 2.68 bits per heavy atom. The van der Waals surface area contributed by atoms with E-state index in [9.17, 15) is 0 Å². The van der Waals surface area contributed by atoms with E-state index in [-0.39, 0.29) is 0 Å². The Morgan fingerprint density at radius 1 is 1.24 bits per heavy atom. The highest BCUT2D eigenvalue weighted by Gasteiger charge is 2.04. The first kappa shape index (κ1) is 19.2. The van der Waals surface area contributed by atoms with Gasteiger partial charge in [0.15, 0.2) is 5.96 Å². The van der Waals surface area contributed by atoms with Crippen LogP contribution < -0.4 is 15.4 Å². The average molecular weight is 361 g/mol. The van der Waals surface area contributed by atoms with Crippen molar-refractivity contribution in [2.24, 2.45) is 4.99 Å². The zero-order valence-corrected chi connectivity index (χ0v) is 16.6. The van der Waals surface area contributed by atoms with Gasteiger partial charge in [0.05, 0.1) is 19.3 Å². The summed E-state index contributed by atoms with van der Waals surface area (Å²) in [6, 6.07) is 6.34. The second kappa shape index (κ2) is 9.42. The molecule has 0 saturated heterocycles. The molecule has 0 atom stereocenters. The van der Waals surface area contributed by atoms with E-state index in [0.717, 1.165) is 47.5 Å². The molecular formula is C19H28N4OS. The summed E-state index contributed by atoms with van der Waals surface area (Å²) in [5, 5.41) is 7.72. The first-order valence-corrected chi connectivity index (χ1v) is 9.43. The Labute approximate surface area is 154 Å². The van der Waals surface area contributed by atoms with Crippen LogP contribution in [0.4, 0.5) is 0 Å². The summed E-state index contributed by atoms with van der Waals surface area (Å²) in [5.74, 6) is 1.76. The van der Waals surface area contributed by atoms with Crippen molar-refractivity contribution in [1.29, 1.82) is 0 Å². The first-order valence-electron chi connectivity index (χ1n) is 8.62. The molecule has 6 heteroatoms. The van der Waals surface area contributed by atoms with Crippen molar-refractivity contribution in [3.63, 3.8) is 0 Å². The van der Waals surface area contributed by atoms with Crippen LogP contribution in [0.1, 0.15) is 33.6 Å². The molecular weight excluding hydrogens is 332 g/mol. The van der Waals surface area contributed by atoms with Gasteiger partial charge in [0.1, 0.15) is 10.8 Å². The predicted octanol–water partition coefficient (Wildman–Crippen LogP) is 3.37.